The van der Waals surface area contributed by atoms with Gasteiger partial charge < -0.3 is 10.2 Å². The van der Waals surface area contributed by atoms with Gasteiger partial charge in [-0.05, 0) is 18.2 Å². The molecule has 12 heavy (non-hydrogen) atoms. The van der Waals surface area contributed by atoms with E-state index in [2.05, 4.69) is 0 Å². The molecule has 0 fully saturated rings. The van der Waals surface area contributed by atoms with Crippen LogP contribution in [0.4, 0.5) is 4.39 Å². The number of hydrogen-bond donors (Lipinski definition) is 2. The molecule has 0 saturated carbocycles. The molecule has 2 N–H and O–H groups in total. The SMILES string of the molecule is N#Cc1cc(F)cc(C(O)O)c1. The van der Waals surface area contributed by atoms with E-state index in [1.54, 1.807) is 6.07 Å². The Labute approximate surface area is 68.3 Å². The van der Waals surface area contributed by atoms with Gasteiger partial charge in [0.1, 0.15) is 5.82 Å². The van der Waals surface area contributed by atoms with Crippen LogP contribution in [0.1, 0.15) is 17.4 Å². The van der Waals surface area contributed by atoms with Gasteiger partial charge in [-0.2, -0.15) is 5.26 Å². The third-order valence-corrected chi connectivity index (χ3v) is 1.35. The van der Waals surface area contributed by atoms with Crippen LogP contribution in [0.25, 0.3) is 0 Å². The van der Waals surface area contributed by atoms with Crippen molar-refractivity contribution in [3.63, 3.8) is 0 Å². The second-order valence-corrected chi connectivity index (χ2v) is 2.26. The van der Waals surface area contributed by atoms with E-state index < -0.39 is 12.1 Å². The van der Waals surface area contributed by atoms with Gasteiger partial charge in [-0.25, -0.2) is 4.39 Å². The van der Waals surface area contributed by atoms with Gasteiger partial charge in [-0.3, -0.25) is 0 Å². The molecular formula is C8H6FNO2. The molecule has 0 spiro atoms. The summed E-state index contributed by atoms with van der Waals surface area (Å²) in [5, 5.41) is 25.7. The maximum Gasteiger partial charge on any atom is 0.178 e. The van der Waals surface area contributed by atoms with E-state index >= 15 is 0 Å². The normalized spacial score (nSPS) is 9.92. The van der Waals surface area contributed by atoms with Crippen LogP contribution in [-0.4, -0.2) is 10.2 Å². The summed E-state index contributed by atoms with van der Waals surface area (Å²) in [6.45, 7) is 0. The summed E-state index contributed by atoms with van der Waals surface area (Å²) in [7, 11) is 0. The molecule has 4 heteroatoms. The van der Waals surface area contributed by atoms with E-state index in [1.165, 1.54) is 6.07 Å². The fourth-order valence-corrected chi connectivity index (χ4v) is 0.826. The molecule has 0 amide bonds. The zero-order valence-electron chi connectivity index (χ0n) is 6.03. The summed E-state index contributed by atoms with van der Waals surface area (Å²) in [5.74, 6) is -0.655. The molecule has 0 aliphatic heterocycles. The van der Waals surface area contributed by atoms with E-state index in [9.17, 15) is 4.39 Å². The van der Waals surface area contributed by atoms with Crippen LogP contribution in [0, 0.1) is 17.1 Å². The predicted octanol–water partition coefficient (Wildman–Crippen LogP) is 0.681. The van der Waals surface area contributed by atoms with Crippen LogP contribution in [0.5, 0.6) is 0 Å². The minimum Gasteiger partial charge on any atom is -0.364 e. The first-order valence-electron chi connectivity index (χ1n) is 3.20. The van der Waals surface area contributed by atoms with E-state index in [1.807, 2.05) is 0 Å². The van der Waals surface area contributed by atoms with E-state index in [0.717, 1.165) is 12.1 Å². The van der Waals surface area contributed by atoms with E-state index in [-0.39, 0.29) is 11.1 Å². The summed E-state index contributed by atoms with van der Waals surface area (Å²) in [6, 6.07) is 4.90. The third kappa shape index (κ3) is 1.78. The number of aliphatic hydroxyl groups is 2. The lowest BCUT2D eigenvalue weighted by Crippen LogP contribution is -1.96. The summed E-state index contributed by atoms with van der Waals surface area (Å²) in [6.07, 6.45) is -1.74. The van der Waals surface area contributed by atoms with Crippen molar-refractivity contribution in [1.29, 1.82) is 5.26 Å². The molecule has 62 valence electrons. The van der Waals surface area contributed by atoms with Crippen molar-refractivity contribution in [2.24, 2.45) is 0 Å². The van der Waals surface area contributed by atoms with E-state index in [4.69, 9.17) is 15.5 Å². The fourth-order valence-electron chi connectivity index (χ4n) is 0.826. The maximum absolute atomic E-state index is 12.6. The molecule has 0 radical (unpaired) electrons. The molecule has 1 rings (SSSR count). The lowest BCUT2D eigenvalue weighted by atomic mass is 10.1. The van der Waals surface area contributed by atoms with Gasteiger partial charge in [0.2, 0.25) is 0 Å². The number of nitriles is 1. The van der Waals surface area contributed by atoms with Crippen molar-refractivity contribution in [3.8, 4) is 6.07 Å². The van der Waals surface area contributed by atoms with Crippen LogP contribution in [0.3, 0.4) is 0 Å². The largest absolute Gasteiger partial charge is 0.364 e. The smallest absolute Gasteiger partial charge is 0.178 e. The number of benzene rings is 1. The second-order valence-electron chi connectivity index (χ2n) is 2.26. The molecule has 1 aromatic carbocycles. The molecule has 0 saturated heterocycles. The van der Waals surface area contributed by atoms with Gasteiger partial charge in [-0.1, -0.05) is 0 Å². The topological polar surface area (TPSA) is 64.2 Å². The number of rotatable bonds is 1. The predicted molar refractivity (Wildman–Crippen MR) is 38.3 cm³/mol. The van der Waals surface area contributed by atoms with Crippen molar-refractivity contribution in [2.75, 3.05) is 0 Å². The van der Waals surface area contributed by atoms with Crippen molar-refractivity contribution in [3.05, 3.63) is 35.1 Å². The summed E-state index contributed by atoms with van der Waals surface area (Å²) in [4.78, 5) is 0. The van der Waals surface area contributed by atoms with Crippen molar-refractivity contribution < 1.29 is 14.6 Å². The molecule has 0 heterocycles. The molecule has 0 atom stereocenters. The van der Waals surface area contributed by atoms with Gasteiger partial charge >= 0.3 is 0 Å². The standard InChI is InChI=1S/C8H6FNO2/c9-7-2-5(4-10)1-6(3-7)8(11)12/h1-3,8,11-12H. The molecular weight excluding hydrogens is 161 g/mol. The van der Waals surface area contributed by atoms with Crippen LogP contribution < -0.4 is 0 Å². The fraction of sp³-hybridized carbons (Fsp3) is 0.125. The molecule has 0 aliphatic rings. The van der Waals surface area contributed by atoms with Gasteiger partial charge in [0, 0.05) is 5.56 Å². The van der Waals surface area contributed by atoms with Crippen molar-refractivity contribution in [1.82, 2.24) is 0 Å². The number of hydrogen-bond acceptors (Lipinski definition) is 3. The van der Waals surface area contributed by atoms with Gasteiger partial charge in [0.25, 0.3) is 0 Å². The Morgan fingerprint density at radius 1 is 1.33 bits per heavy atom. The lowest BCUT2D eigenvalue weighted by Gasteiger charge is -2.03. The maximum atomic E-state index is 12.6. The summed E-state index contributed by atoms with van der Waals surface area (Å²) in [5.41, 5.74) is 0.0460. The van der Waals surface area contributed by atoms with Gasteiger partial charge in [0.15, 0.2) is 6.29 Å². The summed E-state index contributed by atoms with van der Waals surface area (Å²) < 4.78 is 12.6. The van der Waals surface area contributed by atoms with Crippen LogP contribution in [0.2, 0.25) is 0 Å². The highest BCUT2D eigenvalue weighted by atomic mass is 19.1. The first-order valence-corrected chi connectivity index (χ1v) is 3.20. The number of nitrogens with zero attached hydrogens (tertiary/aromatic N) is 1. The molecule has 1 aromatic rings. The molecule has 0 unspecified atom stereocenters. The van der Waals surface area contributed by atoms with Gasteiger partial charge in [-0.15, -0.1) is 0 Å². The minimum absolute atomic E-state index is 0.0217. The first-order chi connectivity index (χ1) is 5.63. The van der Waals surface area contributed by atoms with Crippen LogP contribution in [0.15, 0.2) is 18.2 Å². The Morgan fingerprint density at radius 2 is 2.00 bits per heavy atom. The number of aliphatic hydroxyl groups excluding tert-OH is 1. The highest BCUT2D eigenvalue weighted by Crippen LogP contribution is 2.13. The Balaban J connectivity index is 3.17. The average molecular weight is 167 g/mol. The molecule has 0 aromatic heterocycles. The minimum atomic E-state index is -1.74. The Bertz CT molecular complexity index is 330. The van der Waals surface area contributed by atoms with E-state index in [0.29, 0.717) is 0 Å². The second kappa shape index (κ2) is 3.30. The van der Waals surface area contributed by atoms with Crippen LogP contribution in [-0.2, 0) is 0 Å². The molecule has 3 nitrogen and oxygen atoms in total. The Hall–Kier alpha value is -1.44. The Morgan fingerprint density at radius 3 is 2.50 bits per heavy atom. The molecule has 0 aliphatic carbocycles. The van der Waals surface area contributed by atoms with Crippen molar-refractivity contribution >= 4 is 0 Å². The first kappa shape index (κ1) is 8.65. The number of halogens is 1. The summed E-state index contributed by atoms with van der Waals surface area (Å²) >= 11 is 0. The Kier molecular flexibility index (Phi) is 2.38. The van der Waals surface area contributed by atoms with Crippen molar-refractivity contribution in [2.45, 2.75) is 6.29 Å². The zero-order chi connectivity index (χ0) is 9.14. The average Bonchev–Trinajstić information content (AvgIpc) is 2.03. The van der Waals surface area contributed by atoms with Gasteiger partial charge in [0.05, 0.1) is 11.6 Å². The van der Waals surface area contributed by atoms with Crippen LogP contribution >= 0.6 is 0 Å². The highest BCUT2D eigenvalue weighted by molar-refractivity contribution is 5.33. The zero-order valence-corrected chi connectivity index (χ0v) is 6.03. The third-order valence-electron chi connectivity index (χ3n) is 1.35. The highest BCUT2D eigenvalue weighted by Gasteiger charge is 2.05. The quantitative estimate of drug-likeness (QED) is 0.604. The monoisotopic (exact) mass is 167 g/mol. The molecule has 0 bridgehead atoms. The lowest BCUT2D eigenvalue weighted by molar-refractivity contribution is -0.0427.